The molecule has 0 radical (unpaired) electrons. The second-order valence-corrected chi connectivity index (χ2v) is 8.05. The summed E-state index contributed by atoms with van der Waals surface area (Å²) in [6, 6.07) is -0.617. The summed E-state index contributed by atoms with van der Waals surface area (Å²) in [6.45, 7) is 3.70. The molecule has 1 aliphatic rings. The topological polar surface area (TPSA) is 117 Å². The average Bonchev–Trinajstić information content (AvgIpc) is 2.70. The molecular weight excluding hydrogens is 370 g/mol. The predicted molar refractivity (Wildman–Crippen MR) is 85.3 cm³/mol. The number of thioether (sulfide) groups is 1. The Morgan fingerprint density at radius 2 is 2.00 bits per heavy atom. The average molecular weight is 392 g/mol. The molecule has 0 spiro atoms. The van der Waals surface area contributed by atoms with E-state index in [1.807, 2.05) is 13.8 Å². The van der Waals surface area contributed by atoms with Gasteiger partial charge in [-0.25, -0.2) is 23.6 Å². The maximum atomic E-state index is 11.8. The fraction of sp³-hybridized carbons (Fsp3) is 0.889. The molecule has 1 aliphatic heterocycles. The number of carbonyl (C=O) groups is 1. The van der Waals surface area contributed by atoms with E-state index in [-0.39, 0.29) is 28.8 Å². The molecule has 1 rings (SSSR count). The fourth-order valence-electron chi connectivity index (χ4n) is 1.37. The minimum Gasteiger partial charge on any atom is -0.329 e. The number of amides is 1. The number of nitrogens with two attached hydrogens (primary N) is 1. The van der Waals surface area contributed by atoms with Crippen molar-refractivity contribution in [3.63, 3.8) is 0 Å². The molecule has 2 unspecified atom stereocenters. The van der Waals surface area contributed by atoms with E-state index in [1.54, 1.807) is 7.05 Å². The van der Waals surface area contributed by atoms with Gasteiger partial charge in [-0.1, -0.05) is 25.6 Å². The van der Waals surface area contributed by atoms with Gasteiger partial charge in [0.1, 0.15) is 5.50 Å². The van der Waals surface area contributed by atoms with Crippen molar-refractivity contribution >= 4 is 44.7 Å². The van der Waals surface area contributed by atoms with E-state index >= 15 is 0 Å². The SMILES string of the molecule is Br.CNS(=O)(=O)C1NN(C)C(NC(=O)[C@@H](N)C(C)C)S1. The Labute approximate surface area is 134 Å². The van der Waals surface area contributed by atoms with Gasteiger partial charge in [0, 0.05) is 7.05 Å². The molecule has 0 aromatic carbocycles. The summed E-state index contributed by atoms with van der Waals surface area (Å²) < 4.78 is 24.7. The monoisotopic (exact) mass is 391 g/mol. The highest BCUT2D eigenvalue weighted by atomic mass is 79.9. The molecule has 1 heterocycles. The number of hydrogen-bond donors (Lipinski definition) is 4. The number of carbonyl (C=O) groups excluding carboxylic acids is 1. The van der Waals surface area contributed by atoms with Gasteiger partial charge >= 0.3 is 0 Å². The summed E-state index contributed by atoms with van der Waals surface area (Å²) in [5, 5.41) is 4.24. The van der Waals surface area contributed by atoms with Crippen molar-refractivity contribution in [3.05, 3.63) is 0 Å². The van der Waals surface area contributed by atoms with E-state index in [2.05, 4.69) is 15.5 Å². The molecular formula is C9H22BrN5O3S2. The van der Waals surface area contributed by atoms with Gasteiger partial charge in [-0.2, -0.15) is 0 Å². The van der Waals surface area contributed by atoms with Gasteiger partial charge in [-0.3, -0.25) is 4.79 Å². The van der Waals surface area contributed by atoms with Crippen LogP contribution in [0.4, 0.5) is 0 Å². The van der Waals surface area contributed by atoms with Crippen LogP contribution >= 0.6 is 28.7 Å². The maximum absolute atomic E-state index is 11.8. The number of nitrogens with one attached hydrogen (secondary N) is 3. The Morgan fingerprint density at radius 3 is 2.45 bits per heavy atom. The zero-order valence-electron chi connectivity index (χ0n) is 11.8. The van der Waals surface area contributed by atoms with Gasteiger partial charge in [0.2, 0.25) is 15.9 Å². The van der Waals surface area contributed by atoms with E-state index in [0.717, 1.165) is 11.8 Å². The molecule has 5 N–H and O–H groups in total. The summed E-state index contributed by atoms with van der Waals surface area (Å²) in [5.41, 5.74) is 8.02. The van der Waals surface area contributed by atoms with Crippen molar-refractivity contribution in [2.24, 2.45) is 11.7 Å². The molecule has 8 nitrogen and oxygen atoms in total. The molecule has 0 aliphatic carbocycles. The van der Waals surface area contributed by atoms with Crippen molar-refractivity contribution in [2.45, 2.75) is 30.1 Å². The summed E-state index contributed by atoms with van der Waals surface area (Å²) in [5.74, 6) is -0.287. The lowest BCUT2D eigenvalue weighted by Gasteiger charge is -2.22. The fourth-order valence-corrected chi connectivity index (χ4v) is 3.97. The smallest absolute Gasteiger partial charge is 0.239 e. The zero-order valence-corrected chi connectivity index (χ0v) is 15.1. The van der Waals surface area contributed by atoms with Crippen LogP contribution < -0.4 is 21.2 Å². The molecule has 3 atom stereocenters. The number of hydrogen-bond acceptors (Lipinski definition) is 7. The maximum Gasteiger partial charge on any atom is 0.239 e. The van der Waals surface area contributed by atoms with Gasteiger partial charge in [0.25, 0.3) is 0 Å². The summed E-state index contributed by atoms with van der Waals surface area (Å²) >= 11 is 1.08. The van der Waals surface area contributed by atoms with Crippen molar-refractivity contribution in [2.75, 3.05) is 14.1 Å². The number of hydrazine groups is 1. The molecule has 0 saturated carbocycles. The largest absolute Gasteiger partial charge is 0.329 e. The van der Waals surface area contributed by atoms with Gasteiger partial charge in [-0.15, -0.1) is 17.0 Å². The normalized spacial score (nSPS) is 25.3. The Hall–Kier alpha value is 0.0900. The third-order valence-electron chi connectivity index (χ3n) is 2.77. The van der Waals surface area contributed by atoms with Crippen LogP contribution in [0.5, 0.6) is 0 Å². The highest BCUT2D eigenvalue weighted by molar-refractivity contribution is 8.93. The van der Waals surface area contributed by atoms with Crippen molar-refractivity contribution in [1.82, 2.24) is 20.5 Å². The molecule has 0 aromatic heterocycles. The van der Waals surface area contributed by atoms with Crippen LogP contribution in [0.15, 0.2) is 0 Å². The van der Waals surface area contributed by atoms with Gasteiger partial charge in [-0.05, 0) is 13.0 Å². The molecule has 1 fully saturated rings. The van der Waals surface area contributed by atoms with Gasteiger partial charge in [0.05, 0.1) is 6.04 Å². The molecule has 1 saturated heterocycles. The highest BCUT2D eigenvalue weighted by Gasteiger charge is 2.38. The predicted octanol–water partition coefficient (Wildman–Crippen LogP) is -1.04. The van der Waals surface area contributed by atoms with Crippen molar-refractivity contribution in [3.8, 4) is 0 Å². The first-order valence-electron chi connectivity index (χ1n) is 5.82. The lowest BCUT2D eigenvalue weighted by molar-refractivity contribution is -0.124. The van der Waals surface area contributed by atoms with E-state index in [9.17, 15) is 13.2 Å². The van der Waals surface area contributed by atoms with Crippen LogP contribution in [0.1, 0.15) is 13.8 Å². The van der Waals surface area contributed by atoms with Crippen LogP contribution in [0, 0.1) is 5.92 Å². The molecule has 0 aromatic rings. The van der Waals surface area contributed by atoms with Crippen LogP contribution in [-0.4, -0.2) is 49.7 Å². The second kappa shape index (κ2) is 7.92. The number of nitrogens with zero attached hydrogens (tertiary/aromatic N) is 1. The van der Waals surface area contributed by atoms with Crippen LogP contribution in [0.3, 0.4) is 0 Å². The van der Waals surface area contributed by atoms with E-state index in [1.165, 1.54) is 12.1 Å². The first-order chi connectivity index (χ1) is 8.69. The Bertz CT molecular complexity index is 433. The first kappa shape index (κ1) is 20.1. The number of sulfonamides is 1. The highest BCUT2D eigenvalue weighted by Crippen LogP contribution is 2.26. The Balaban J connectivity index is 0.00000361. The molecule has 0 bridgehead atoms. The lowest BCUT2D eigenvalue weighted by atomic mass is 10.1. The third-order valence-corrected chi connectivity index (χ3v) is 6.14. The Morgan fingerprint density at radius 1 is 1.45 bits per heavy atom. The van der Waals surface area contributed by atoms with Crippen LogP contribution in [0.25, 0.3) is 0 Å². The van der Waals surface area contributed by atoms with Crippen LogP contribution in [-0.2, 0) is 14.8 Å². The summed E-state index contributed by atoms with van der Waals surface area (Å²) in [7, 11) is -0.456. The minimum atomic E-state index is -3.46. The minimum absolute atomic E-state index is 0. The quantitative estimate of drug-likeness (QED) is 0.472. The summed E-state index contributed by atoms with van der Waals surface area (Å²) in [6.07, 6.45) is 0. The van der Waals surface area contributed by atoms with Crippen molar-refractivity contribution in [1.29, 1.82) is 0 Å². The van der Waals surface area contributed by atoms with E-state index in [0.29, 0.717) is 0 Å². The van der Waals surface area contributed by atoms with Gasteiger partial charge < -0.3 is 11.1 Å². The lowest BCUT2D eigenvalue weighted by Crippen LogP contribution is -2.51. The molecule has 11 heteroatoms. The van der Waals surface area contributed by atoms with Gasteiger partial charge in [0.15, 0.2) is 4.71 Å². The molecule has 1 amide bonds. The molecule has 120 valence electrons. The zero-order chi connectivity index (χ0) is 14.8. The molecule has 20 heavy (non-hydrogen) atoms. The van der Waals surface area contributed by atoms with E-state index in [4.69, 9.17) is 5.73 Å². The summed E-state index contributed by atoms with van der Waals surface area (Å²) in [4.78, 5) is 11.8. The van der Waals surface area contributed by atoms with Crippen molar-refractivity contribution < 1.29 is 13.2 Å². The number of halogens is 1. The first-order valence-corrected chi connectivity index (χ1v) is 8.30. The third kappa shape index (κ3) is 4.83. The number of rotatable bonds is 5. The Kier molecular flexibility index (Phi) is 7.95. The second-order valence-electron chi connectivity index (χ2n) is 4.59. The standard InChI is InChI=1S/C9H21N5O3S2.BrH/c1-5(2)6(10)7(15)12-8-14(4)13-9(18-8)19(16,17)11-3;/h5-6,8-9,11,13H,10H2,1-4H3,(H,12,15);1H/t6-,8?,9?;/m0./s1. The van der Waals surface area contributed by atoms with Crippen LogP contribution in [0.2, 0.25) is 0 Å². The van der Waals surface area contributed by atoms with E-state index < -0.39 is 26.3 Å².